The van der Waals surface area contributed by atoms with Gasteiger partial charge in [0.15, 0.2) is 17.3 Å². The number of nitrogens with zero attached hydrogens (tertiary/aromatic N) is 1. The number of carbonyl (C=O) groups is 3. The number of ether oxygens (including phenoxy) is 1. The number of hydrogen-bond donors (Lipinski definition) is 1. The molecule has 29 heavy (non-hydrogen) atoms. The number of imide groups is 1. The Hall–Kier alpha value is -1.85. The van der Waals surface area contributed by atoms with Crippen LogP contribution in [0.5, 0.6) is 11.5 Å². The van der Waals surface area contributed by atoms with Crippen molar-refractivity contribution in [1.82, 2.24) is 4.90 Å². The molecule has 1 aliphatic rings. The van der Waals surface area contributed by atoms with Crippen LogP contribution in [-0.4, -0.2) is 40.1 Å². The third-order valence-corrected chi connectivity index (χ3v) is 6.25. The van der Waals surface area contributed by atoms with E-state index in [1.54, 1.807) is 49.4 Å². The maximum atomic E-state index is 12.7. The van der Waals surface area contributed by atoms with Gasteiger partial charge in [-0.1, -0.05) is 28.1 Å². The summed E-state index contributed by atoms with van der Waals surface area (Å²) in [4.78, 5) is 38.6. The van der Waals surface area contributed by atoms with E-state index < -0.39 is 11.1 Å². The van der Waals surface area contributed by atoms with E-state index in [1.807, 2.05) is 22.6 Å². The first-order chi connectivity index (χ1) is 13.8. The number of halogens is 2. The van der Waals surface area contributed by atoms with Gasteiger partial charge in [0, 0.05) is 10.0 Å². The number of phenolic OH excluding ortho intramolecular Hbond substituents is 1. The molecule has 3 rings (SSSR count). The first kappa shape index (κ1) is 21.8. The molecule has 0 unspecified atom stereocenters. The first-order valence-electron chi connectivity index (χ1n) is 8.49. The summed E-state index contributed by atoms with van der Waals surface area (Å²) in [6.07, 6.45) is 1.55. The Morgan fingerprint density at radius 2 is 1.97 bits per heavy atom. The van der Waals surface area contributed by atoms with Gasteiger partial charge in [-0.25, -0.2) is 0 Å². The number of ketones is 1. The predicted octanol–water partition coefficient (Wildman–Crippen LogP) is 5.08. The molecule has 0 aliphatic carbocycles. The number of aromatic hydroxyl groups is 1. The molecular weight excluding hydrogens is 573 g/mol. The molecule has 1 fully saturated rings. The van der Waals surface area contributed by atoms with Gasteiger partial charge in [0.05, 0.1) is 21.6 Å². The molecule has 1 heterocycles. The van der Waals surface area contributed by atoms with Gasteiger partial charge in [-0.05, 0) is 77.2 Å². The summed E-state index contributed by atoms with van der Waals surface area (Å²) in [5.74, 6) is -0.515. The number of amides is 2. The molecule has 0 saturated carbocycles. The molecule has 0 aromatic heterocycles. The van der Waals surface area contributed by atoms with Crippen LogP contribution in [0.2, 0.25) is 0 Å². The Kier molecular flexibility index (Phi) is 7.01. The van der Waals surface area contributed by atoms with Crippen molar-refractivity contribution in [2.75, 3.05) is 13.2 Å². The second kappa shape index (κ2) is 9.31. The Balaban J connectivity index is 1.81. The van der Waals surface area contributed by atoms with Crippen molar-refractivity contribution in [2.24, 2.45) is 0 Å². The van der Waals surface area contributed by atoms with Gasteiger partial charge in [0.25, 0.3) is 11.1 Å². The molecule has 2 aromatic carbocycles. The molecule has 2 amide bonds. The van der Waals surface area contributed by atoms with E-state index in [2.05, 4.69) is 15.9 Å². The van der Waals surface area contributed by atoms with Crippen molar-refractivity contribution in [3.8, 4) is 11.5 Å². The monoisotopic (exact) mass is 587 g/mol. The van der Waals surface area contributed by atoms with Gasteiger partial charge in [0.1, 0.15) is 0 Å². The zero-order valence-electron chi connectivity index (χ0n) is 15.1. The molecule has 1 aliphatic heterocycles. The fraction of sp³-hybridized carbons (Fsp3) is 0.150. The fourth-order valence-corrected chi connectivity index (χ4v) is 4.33. The first-order valence-corrected chi connectivity index (χ1v) is 11.2. The number of carbonyl (C=O) groups excluding carboxylic acids is 3. The summed E-state index contributed by atoms with van der Waals surface area (Å²) in [6.45, 7) is 1.86. The maximum Gasteiger partial charge on any atom is 0.293 e. The molecule has 9 heteroatoms. The van der Waals surface area contributed by atoms with Crippen LogP contribution in [-0.2, 0) is 4.79 Å². The number of phenols is 1. The van der Waals surface area contributed by atoms with Crippen molar-refractivity contribution in [2.45, 2.75) is 6.92 Å². The van der Waals surface area contributed by atoms with Crippen LogP contribution in [0.25, 0.3) is 6.08 Å². The second-order valence-electron chi connectivity index (χ2n) is 5.98. The zero-order valence-corrected chi connectivity index (χ0v) is 19.7. The van der Waals surface area contributed by atoms with Crippen molar-refractivity contribution in [3.63, 3.8) is 0 Å². The Morgan fingerprint density at radius 3 is 2.62 bits per heavy atom. The highest BCUT2D eigenvalue weighted by Crippen LogP contribution is 2.36. The molecule has 0 bridgehead atoms. The van der Waals surface area contributed by atoms with Gasteiger partial charge in [0.2, 0.25) is 0 Å². The smallest absolute Gasteiger partial charge is 0.293 e. The highest BCUT2D eigenvalue weighted by Gasteiger charge is 2.36. The topological polar surface area (TPSA) is 83.9 Å². The Morgan fingerprint density at radius 1 is 1.28 bits per heavy atom. The summed E-state index contributed by atoms with van der Waals surface area (Å²) in [5, 5.41) is 9.55. The molecule has 1 saturated heterocycles. The summed E-state index contributed by atoms with van der Waals surface area (Å²) in [6, 6.07) is 10.00. The number of hydrogen-bond acceptors (Lipinski definition) is 6. The summed E-state index contributed by atoms with van der Waals surface area (Å²) in [7, 11) is 0. The van der Waals surface area contributed by atoms with Crippen molar-refractivity contribution in [1.29, 1.82) is 0 Å². The average molecular weight is 588 g/mol. The van der Waals surface area contributed by atoms with Gasteiger partial charge >= 0.3 is 0 Å². The van der Waals surface area contributed by atoms with Crippen LogP contribution in [0.15, 0.2) is 45.8 Å². The third-order valence-electron chi connectivity index (χ3n) is 3.99. The van der Waals surface area contributed by atoms with Crippen molar-refractivity contribution < 1.29 is 24.2 Å². The lowest BCUT2D eigenvalue weighted by Gasteiger charge is -2.11. The highest BCUT2D eigenvalue weighted by atomic mass is 127. The number of rotatable bonds is 6. The van der Waals surface area contributed by atoms with Crippen LogP contribution in [0.4, 0.5) is 4.79 Å². The van der Waals surface area contributed by atoms with Crippen molar-refractivity contribution in [3.05, 3.63) is 60.5 Å². The van der Waals surface area contributed by atoms with Gasteiger partial charge < -0.3 is 9.84 Å². The molecule has 2 aromatic rings. The number of Topliss-reactive ketones (excluding diaryl/α,β-unsaturated/α-hetero) is 1. The zero-order chi connectivity index (χ0) is 21.1. The molecule has 0 spiro atoms. The average Bonchev–Trinajstić information content (AvgIpc) is 2.93. The molecular formula is C20H15BrINO5S. The Bertz CT molecular complexity index is 1020. The number of thioether (sulfide) groups is 1. The van der Waals surface area contributed by atoms with Gasteiger partial charge in [-0.15, -0.1) is 0 Å². The number of benzene rings is 2. The fourth-order valence-electron chi connectivity index (χ4n) is 2.60. The molecule has 6 nitrogen and oxygen atoms in total. The predicted molar refractivity (Wildman–Crippen MR) is 123 cm³/mol. The lowest BCUT2D eigenvalue weighted by atomic mass is 10.1. The quantitative estimate of drug-likeness (QED) is 0.288. The van der Waals surface area contributed by atoms with Crippen molar-refractivity contribution >= 4 is 73.3 Å². The van der Waals surface area contributed by atoms with Gasteiger partial charge in [-0.3, -0.25) is 19.3 Å². The van der Waals surface area contributed by atoms with Crippen LogP contribution in [0.1, 0.15) is 22.8 Å². The summed E-state index contributed by atoms with van der Waals surface area (Å²) in [5.41, 5.74) is 1.03. The maximum absolute atomic E-state index is 12.7. The van der Waals surface area contributed by atoms with Crippen LogP contribution in [0.3, 0.4) is 0 Å². The summed E-state index contributed by atoms with van der Waals surface area (Å²) >= 11 is 6.04. The Labute approximate surface area is 193 Å². The minimum absolute atomic E-state index is 0.0257. The molecule has 150 valence electrons. The van der Waals surface area contributed by atoms with E-state index in [0.717, 1.165) is 21.1 Å². The minimum atomic E-state index is -0.522. The van der Waals surface area contributed by atoms with E-state index >= 15 is 0 Å². The van der Waals surface area contributed by atoms with E-state index in [1.165, 1.54) is 0 Å². The van der Waals surface area contributed by atoms with E-state index in [0.29, 0.717) is 27.1 Å². The van der Waals surface area contributed by atoms with Gasteiger partial charge in [-0.2, -0.15) is 0 Å². The lowest BCUT2D eigenvalue weighted by Crippen LogP contribution is -2.33. The SMILES string of the molecule is CCOc1cc(/C=C2/SC(=O)N(CC(=O)c3ccc(Br)cc3)C2=O)cc(I)c1O. The standard InChI is InChI=1S/C20H15BrINO5S/c1-2-28-16-8-11(7-14(22)18(16)25)9-17-19(26)23(20(27)29-17)10-15(24)12-3-5-13(21)6-4-12/h3-9,25H,2,10H2,1H3/b17-9+. The summed E-state index contributed by atoms with van der Waals surface area (Å²) < 4.78 is 6.79. The minimum Gasteiger partial charge on any atom is -0.504 e. The lowest BCUT2D eigenvalue weighted by molar-refractivity contribution is -0.122. The third kappa shape index (κ3) is 5.01. The molecule has 1 N–H and O–H groups in total. The van der Waals surface area contributed by atoms with E-state index in [4.69, 9.17) is 4.74 Å². The van der Waals surface area contributed by atoms with Crippen LogP contribution in [0, 0.1) is 3.57 Å². The van der Waals surface area contributed by atoms with Crippen LogP contribution >= 0.6 is 50.3 Å². The van der Waals surface area contributed by atoms with Crippen LogP contribution < -0.4 is 4.74 Å². The normalized spacial score (nSPS) is 15.3. The van der Waals surface area contributed by atoms with E-state index in [-0.39, 0.29) is 23.0 Å². The largest absolute Gasteiger partial charge is 0.504 e. The molecule has 0 atom stereocenters. The van der Waals surface area contributed by atoms with E-state index in [9.17, 15) is 19.5 Å². The second-order valence-corrected chi connectivity index (χ2v) is 9.05. The highest BCUT2D eigenvalue weighted by molar-refractivity contribution is 14.1. The molecule has 0 radical (unpaired) electrons.